The van der Waals surface area contributed by atoms with Crippen LogP contribution in [0.15, 0.2) is 42.5 Å². The van der Waals surface area contributed by atoms with Crippen molar-refractivity contribution in [3.05, 3.63) is 53.1 Å². The van der Waals surface area contributed by atoms with Crippen molar-refractivity contribution < 1.29 is 27.4 Å². The van der Waals surface area contributed by atoms with E-state index in [1.807, 2.05) is 0 Å². The molecule has 4 nitrogen and oxygen atoms in total. The maximum absolute atomic E-state index is 12.1. The van der Waals surface area contributed by atoms with Crippen LogP contribution in [0.2, 0.25) is 5.02 Å². The zero-order valence-electron chi connectivity index (χ0n) is 13.4. The predicted octanol–water partition coefficient (Wildman–Crippen LogP) is 4.95. The summed E-state index contributed by atoms with van der Waals surface area (Å²) in [6.45, 7) is 3.36. The molecule has 2 rings (SSSR count). The monoisotopic (exact) mass is 373 g/mol. The molecule has 2 aromatic rings. The Balaban J connectivity index is 1.96. The van der Waals surface area contributed by atoms with Crippen LogP contribution in [0.3, 0.4) is 0 Å². The molecule has 134 valence electrons. The summed E-state index contributed by atoms with van der Waals surface area (Å²) in [5.74, 6) is -0.300. The van der Waals surface area contributed by atoms with Gasteiger partial charge in [-0.2, -0.15) is 0 Å². The van der Waals surface area contributed by atoms with Crippen molar-refractivity contribution in [3.63, 3.8) is 0 Å². The minimum atomic E-state index is -4.76. The number of anilines is 1. The summed E-state index contributed by atoms with van der Waals surface area (Å²) in [5, 5.41) is 3.11. The van der Waals surface area contributed by atoms with Crippen LogP contribution in [-0.4, -0.2) is 18.4 Å². The van der Waals surface area contributed by atoms with E-state index in [0.29, 0.717) is 16.5 Å². The number of carbonyl (C=O) groups excluding carboxylic acids is 1. The van der Waals surface area contributed by atoms with Crippen LogP contribution in [0.25, 0.3) is 0 Å². The highest BCUT2D eigenvalue weighted by Crippen LogP contribution is 2.25. The zero-order chi connectivity index (χ0) is 18.6. The average molecular weight is 374 g/mol. The van der Waals surface area contributed by atoms with Gasteiger partial charge in [-0.1, -0.05) is 11.6 Å². The maximum Gasteiger partial charge on any atom is 0.573 e. The van der Waals surface area contributed by atoms with E-state index in [-0.39, 0.29) is 5.75 Å². The Morgan fingerprint density at radius 2 is 1.80 bits per heavy atom. The fourth-order valence-electron chi connectivity index (χ4n) is 1.97. The molecule has 0 fully saturated rings. The lowest BCUT2D eigenvalue weighted by atomic mass is 10.2. The fraction of sp³-hybridized carbons (Fsp3) is 0.235. The molecule has 1 N–H and O–H groups in total. The number of alkyl halides is 3. The minimum absolute atomic E-state index is 0.322. The highest BCUT2D eigenvalue weighted by atomic mass is 35.5. The Labute approximate surface area is 147 Å². The summed E-state index contributed by atoms with van der Waals surface area (Å²) in [7, 11) is 0. The van der Waals surface area contributed by atoms with Gasteiger partial charge in [0.1, 0.15) is 11.5 Å². The summed E-state index contributed by atoms with van der Waals surface area (Å²) >= 11 is 5.86. The Kier molecular flexibility index (Phi) is 5.79. The number of aryl methyl sites for hydroxylation is 1. The van der Waals surface area contributed by atoms with E-state index in [1.165, 1.54) is 12.1 Å². The van der Waals surface area contributed by atoms with E-state index < -0.39 is 18.4 Å². The Bertz CT molecular complexity index is 748. The highest BCUT2D eigenvalue weighted by Gasteiger charge is 2.31. The van der Waals surface area contributed by atoms with Gasteiger partial charge in [-0.05, 0) is 61.9 Å². The van der Waals surface area contributed by atoms with Gasteiger partial charge in [0.2, 0.25) is 0 Å². The van der Waals surface area contributed by atoms with Crippen molar-refractivity contribution >= 4 is 23.2 Å². The third-order valence-corrected chi connectivity index (χ3v) is 3.40. The molecule has 0 spiro atoms. The topological polar surface area (TPSA) is 47.6 Å². The number of halogens is 4. The van der Waals surface area contributed by atoms with Crippen LogP contribution < -0.4 is 14.8 Å². The first-order valence-corrected chi connectivity index (χ1v) is 7.61. The molecule has 1 amide bonds. The standard InChI is InChI=1S/C17H15ClF3NO3/c1-10-9-12(18)3-8-15(10)24-11(2)16(23)22-13-4-6-14(7-5-13)25-17(19,20)21/h3-9,11H,1-2H3,(H,22,23). The number of hydrogen-bond donors (Lipinski definition) is 1. The van der Waals surface area contributed by atoms with Crippen LogP contribution >= 0.6 is 11.6 Å². The molecule has 8 heteroatoms. The van der Waals surface area contributed by atoms with Crippen molar-refractivity contribution in [1.82, 2.24) is 0 Å². The lowest BCUT2D eigenvalue weighted by Gasteiger charge is -2.16. The Morgan fingerprint density at radius 1 is 1.16 bits per heavy atom. The van der Waals surface area contributed by atoms with E-state index >= 15 is 0 Å². The van der Waals surface area contributed by atoms with E-state index in [2.05, 4.69) is 10.1 Å². The van der Waals surface area contributed by atoms with Crippen molar-refractivity contribution in [2.75, 3.05) is 5.32 Å². The number of rotatable bonds is 5. The summed E-state index contributed by atoms with van der Waals surface area (Å²) in [5.41, 5.74) is 1.10. The van der Waals surface area contributed by atoms with Gasteiger partial charge in [0.25, 0.3) is 5.91 Å². The van der Waals surface area contributed by atoms with Gasteiger partial charge in [-0.25, -0.2) is 0 Å². The second-order valence-electron chi connectivity index (χ2n) is 5.23. The Morgan fingerprint density at radius 3 is 2.36 bits per heavy atom. The second-order valence-corrected chi connectivity index (χ2v) is 5.67. The molecular formula is C17H15ClF3NO3. The first kappa shape index (κ1) is 18.9. The highest BCUT2D eigenvalue weighted by molar-refractivity contribution is 6.30. The molecule has 1 atom stereocenters. The van der Waals surface area contributed by atoms with E-state index in [9.17, 15) is 18.0 Å². The van der Waals surface area contributed by atoms with Crippen molar-refractivity contribution in [2.45, 2.75) is 26.3 Å². The molecule has 1 unspecified atom stereocenters. The summed E-state index contributed by atoms with van der Waals surface area (Å²) in [6, 6.07) is 9.84. The molecule has 0 aliphatic heterocycles. The smallest absolute Gasteiger partial charge is 0.481 e. The van der Waals surface area contributed by atoms with E-state index in [1.54, 1.807) is 32.0 Å². The normalized spacial score (nSPS) is 12.4. The van der Waals surface area contributed by atoms with Crippen LogP contribution in [0.5, 0.6) is 11.5 Å². The average Bonchev–Trinajstić information content (AvgIpc) is 2.50. The Hall–Kier alpha value is -2.41. The zero-order valence-corrected chi connectivity index (χ0v) is 14.1. The van der Waals surface area contributed by atoms with Gasteiger partial charge < -0.3 is 14.8 Å². The van der Waals surface area contributed by atoms with Crippen molar-refractivity contribution in [2.24, 2.45) is 0 Å². The predicted molar refractivity (Wildman–Crippen MR) is 88.0 cm³/mol. The first-order chi connectivity index (χ1) is 11.6. The fourth-order valence-corrected chi connectivity index (χ4v) is 2.20. The lowest BCUT2D eigenvalue weighted by molar-refractivity contribution is -0.274. The largest absolute Gasteiger partial charge is 0.573 e. The lowest BCUT2D eigenvalue weighted by Crippen LogP contribution is -2.30. The molecule has 2 aromatic carbocycles. The quantitative estimate of drug-likeness (QED) is 0.806. The molecule has 0 radical (unpaired) electrons. The molecule has 0 aliphatic rings. The third-order valence-electron chi connectivity index (χ3n) is 3.17. The number of ether oxygens (including phenoxy) is 2. The second kappa shape index (κ2) is 7.65. The van der Waals surface area contributed by atoms with E-state index in [4.69, 9.17) is 16.3 Å². The van der Waals surface area contributed by atoms with Crippen molar-refractivity contribution in [1.29, 1.82) is 0 Å². The number of nitrogens with one attached hydrogen (secondary N) is 1. The van der Waals surface area contributed by atoms with Gasteiger partial charge in [0.05, 0.1) is 0 Å². The molecule has 0 saturated carbocycles. The first-order valence-electron chi connectivity index (χ1n) is 7.23. The minimum Gasteiger partial charge on any atom is -0.481 e. The molecule has 0 aliphatic carbocycles. The molecule has 25 heavy (non-hydrogen) atoms. The third kappa shape index (κ3) is 5.86. The summed E-state index contributed by atoms with van der Waals surface area (Å²) in [6.07, 6.45) is -5.57. The van der Waals surface area contributed by atoms with Gasteiger partial charge >= 0.3 is 6.36 Å². The number of benzene rings is 2. The van der Waals surface area contributed by atoms with Crippen LogP contribution in [-0.2, 0) is 4.79 Å². The van der Waals surface area contributed by atoms with Gasteiger partial charge in [0, 0.05) is 10.7 Å². The van der Waals surface area contributed by atoms with Gasteiger partial charge in [-0.15, -0.1) is 13.2 Å². The maximum atomic E-state index is 12.1. The van der Waals surface area contributed by atoms with Crippen molar-refractivity contribution in [3.8, 4) is 11.5 Å². The van der Waals surface area contributed by atoms with Crippen LogP contribution in [0.4, 0.5) is 18.9 Å². The van der Waals surface area contributed by atoms with Gasteiger partial charge in [0.15, 0.2) is 6.10 Å². The molecule has 0 aromatic heterocycles. The number of hydrogen-bond acceptors (Lipinski definition) is 3. The number of carbonyl (C=O) groups is 1. The summed E-state index contributed by atoms with van der Waals surface area (Å²) < 4.78 is 45.7. The van der Waals surface area contributed by atoms with Crippen LogP contribution in [0, 0.1) is 6.92 Å². The SMILES string of the molecule is Cc1cc(Cl)ccc1OC(C)C(=O)Nc1ccc(OC(F)(F)F)cc1. The number of amides is 1. The van der Waals surface area contributed by atoms with Gasteiger partial charge in [-0.3, -0.25) is 4.79 Å². The molecule has 0 heterocycles. The molecular weight excluding hydrogens is 359 g/mol. The molecule has 0 bridgehead atoms. The molecule has 0 saturated heterocycles. The van der Waals surface area contributed by atoms with Crippen LogP contribution in [0.1, 0.15) is 12.5 Å². The summed E-state index contributed by atoms with van der Waals surface area (Å²) in [4.78, 5) is 12.1. The van der Waals surface area contributed by atoms with E-state index in [0.717, 1.165) is 17.7 Å².